The topological polar surface area (TPSA) is 79.8 Å². The standard InChI is InChI=1S/C20H25N3O3/c1-14(21)15-7-5-11-23(13-15)19(24)16-8-3-4-9-17(16)22(2)20(25)18-10-6-12-26-18/h3-4,6,8-10,12,14-15H,5,7,11,13,21H2,1-2H3. The summed E-state index contributed by atoms with van der Waals surface area (Å²) in [5, 5.41) is 0. The Morgan fingerprint density at radius 3 is 2.73 bits per heavy atom. The Balaban J connectivity index is 1.84. The molecule has 0 radical (unpaired) electrons. The molecule has 2 heterocycles. The zero-order valence-electron chi connectivity index (χ0n) is 15.2. The molecule has 2 N–H and O–H groups in total. The maximum Gasteiger partial charge on any atom is 0.293 e. The van der Waals surface area contributed by atoms with Gasteiger partial charge in [-0.25, -0.2) is 0 Å². The smallest absolute Gasteiger partial charge is 0.293 e. The molecule has 1 aromatic carbocycles. The van der Waals surface area contributed by atoms with Crippen molar-refractivity contribution in [1.82, 2.24) is 4.90 Å². The summed E-state index contributed by atoms with van der Waals surface area (Å²) >= 11 is 0. The van der Waals surface area contributed by atoms with Gasteiger partial charge in [-0.15, -0.1) is 0 Å². The lowest BCUT2D eigenvalue weighted by Crippen LogP contribution is -2.45. The summed E-state index contributed by atoms with van der Waals surface area (Å²) in [4.78, 5) is 29.0. The molecule has 1 saturated heterocycles. The molecule has 1 aromatic heterocycles. The van der Waals surface area contributed by atoms with E-state index in [1.165, 1.54) is 11.2 Å². The van der Waals surface area contributed by atoms with E-state index in [9.17, 15) is 9.59 Å². The van der Waals surface area contributed by atoms with Gasteiger partial charge in [0.05, 0.1) is 17.5 Å². The first-order chi connectivity index (χ1) is 12.5. The third-order valence-corrected chi connectivity index (χ3v) is 5.02. The fourth-order valence-corrected chi connectivity index (χ4v) is 3.42. The molecule has 2 unspecified atom stereocenters. The van der Waals surface area contributed by atoms with Crippen molar-refractivity contribution in [2.75, 3.05) is 25.0 Å². The van der Waals surface area contributed by atoms with Crippen molar-refractivity contribution in [3.8, 4) is 0 Å². The van der Waals surface area contributed by atoms with Crippen LogP contribution in [0.2, 0.25) is 0 Å². The number of hydrogen-bond donors (Lipinski definition) is 1. The number of piperidine rings is 1. The van der Waals surface area contributed by atoms with Crippen LogP contribution in [0.25, 0.3) is 0 Å². The average Bonchev–Trinajstić information content (AvgIpc) is 3.21. The minimum Gasteiger partial charge on any atom is -0.459 e. The van der Waals surface area contributed by atoms with E-state index in [0.29, 0.717) is 30.3 Å². The molecule has 2 aromatic rings. The van der Waals surface area contributed by atoms with E-state index in [1.54, 1.807) is 31.3 Å². The Kier molecular flexibility index (Phi) is 5.42. The Labute approximate surface area is 153 Å². The van der Waals surface area contributed by atoms with Crippen molar-refractivity contribution in [3.63, 3.8) is 0 Å². The summed E-state index contributed by atoms with van der Waals surface area (Å²) in [6.07, 6.45) is 3.45. The molecule has 3 rings (SSSR count). The van der Waals surface area contributed by atoms with Gasteiger partial charge in [-0.2, -0.15) is 0 Å². The Hall–Kier alpha value is -2.60. The van der Waals surface area contributed by atoms with Gasteiger partial charge < -0.3 is 20.0 Å². The van der Waals surface area contributed by atoms with Crippen LogP contribution >= 0.6 is 0 Å². The number of rotatable bonds is 4. The van der Waals surface area contributed by atoms with Crippen LogP contribution in [0, 0.1) is 5.92 Å². The molecular formula is C20H25N3O3. The molecule has 2 atom stereocenters. The number of nitrogens with two attached hydrogens (primary N) is 1. The van der Waals surface area contributed by atoms with Crippen LogP contribution in [-0.4, -0.2) is 42.9 Å². The quantitative estimate of drug-likeness (QED) is 0.914. The minimum atomic E-state index is -0.289. The third kappa shape index (κ3) is 3.65. The number of furan rings is 1. The zero-order chi connectivity index (χ0) is 18.7. The average molecular weight is 355 g/mol. The van der Waals surface area contributed by atoms with Crippen LogP contribution in [-0.2, 0) is 0 Å². The van der Waals surface area contributed by atoms with Crippen molar-refractivity contribution in [2.45, 2.75) is 25.8 Å². The van der Waals surface area contributed by atoms with E-state index >= 15 is 0 Å². The molecular weight excluding hydrogens is 330 g/mol. The van der Waals surface area contributed by atoms with E-state index in [-0.39, 0.29) is 23.6 Å². The van der Waals surface area contributed by atoms with Crippen molar-refractivity contribution >= 4 is 17.5 Å². The Morgan fingerprint density at radius 2 is 2.04 bits per heavy atom. The summed E-state index contributed by atoms with van der Waals surface area (Å²) in [6.45, 7) is 3.36. The van der Waals surface area contributed by atoms with E-state index < -0.39 is 0 Å². The highest BCUT2D eigenvalue weighted by molar-refractivity contribution is 6.09. The highest BCUT2D eigenvalue weighted by Crippen LogP contribution is 2.26. The van der Waals surface area contributed by atoms with E-state index in [2.05, 4.69) is 0 Å². The van der Waals surface area contributed by atoms with Gasteiger partial charge >= 0.3 is 0 Å². The first kappa shape index (κ1) is 18.2. The monoisotopic (exact) mass is 355 g/mol. The van der Waals surface area contributed by atoms with E-state index in [4.69, 9.17) is 10.2 Å². The van der Waals surface area contributed by atoms with Crippen LogP contribution in [0.5, 0.6) is 0 Å². The lowest BCUT2D eigenvalue weighted by Gasteiger charge is -2.35. The van der Waals surface area contributed by atoms with Gasteiger partial charge in [0.2, 0.25) is 0 Å². The molecule has 1 aliphatic rings. The number of amides is 2. The first-order valence-corrected chi connectivity index (χ1v) is 8.94. The Bertz CT molecular complexity index is 770. The second-order valence-corrected chi connectivity index (χ2v) is 6.87. The summed E-state index contributed by atoms with van der Waals surface area (Å²) in [6, 6.07) is 10.5. The molecule has 0 aliphatic carbocycles. The molecule has 1 aliphatic heterocycles. The minimum absolute atomic E-state index is 0.0593. The van der Waals surface area contributed by atoms with Crippen molar-refractivity contribution < 1.29 is 14.0 Å². The number of hydrogen-bond acceptors (Lipinski definition) is 4. The van der Waals surface area contributed by atoms with Gasteiger partial charge in [0.15, 0.2) is 5.76 Å². The Morgan fingerprint density at radius 1 is 1.27 bits per heavy atom. The molecule has 0 spiro atoms. The number of nitrogens with zero attached hydrogens (tertiary/aromatic N) is 2. The molecule has 6 heteroatoms. The number of anilines is 1. The number of benzene rings is 1. The van der Waals surface area contributed by atoms with Crippen molar-refractivity contribution in [1.29, 1.82) is 0 Å². The largest absolute Gasteiger partial charge is 0.459 e. The van der Waals surface area contributed by atoms with Crippen LogP contribution < -0.4 is 10.6 Å². The van der Waals surface area contributed by atoms with Crippen molar-refractivity contribution in [3.05, 3.63) is 54.0 Å². The van der Waals surface area contributed by atoms with E-state index in [0.717, 1.165) is 12.8 Å². The fourth-order valence-electron chi connectivity index (χ4n) is 3.42. The number of carbonyl (C=O) groups excluding carboxylic acids is 2. The SMILES string of the molecule is CC(N)C1CCCN(C(=O)c2ccccc2N(C)C(=O)c2ccco2)C1. The molecule has 26 heavy (non-hydrogen) atoms. The maximum absolute atomic E-state index is 13.1. The molecule has 138 valence electrons. The van der Waals surface area contributed by atoms with Crippen LogP contribution in [0.3, 0.4) is 0 Å². The second kappa shape index (κ2) is 7.74. The lowest BCUT2D eigenvalue weighted by molar-refractivity contribution is 0.0661. The molecule has 1 fully saturated rings. The summed E-state index contributed by atoms with van der Waals surface area (Å²) in [7, 11) is 1.65. The van der Waals surface area contributed by atoms with Crippen molar-refractivity contribution in [2.24, 2.45) is 11.7 Å². The highest BCUT2D eigenvalue weighted by atomic mass is 16.3. The summed E-state index contributed by atoms with van der Waals surface area (Å²) < 4.78 is 5.19. The predicted octanol–water partition coefficient (Wildman–Crippen LogP) is 2.76. The van der Waals surface area contributed by atoms with Crippen LogP contribution in [0.15, 0.2) is 47.1 Å². The third-order valence-electron chi connectivity index (χ3n) is 5.02. The fraction of sp³-hybridized carbons (Fsp3) is 0.400. The van der Waals surface area contributed by atoms with Crippen LogP contribution in [0.1, 0.15) is 40.7 Å². The van der Waals surface area contributed by atoms with Gasteiger partial charge in [-0.3, -0.25) is 9.59 Å². The molecule has 6 nitrogen and oxygen atoms in total. The summed E-state index contributed by atoms with van der Waals surface area (Å²) in [5.74, 6) is 0.194. The molecule has 0 bridgehead atoms. The van der Waals surface area contributed by atoms with Gasteiger partial charge in [0.1, 0.15) is 0 Å². The van der Waals surface area contributed by atoms with Gasteiger partial charge in [-0.05, 0) is 49.9 Å². The highest BCUT2D eigenvalue weighted by Gasteiger charge is 2.29. The number of para-hydroxylation sites is 1. The predicted molar refractivity (Wildman–Crippen MR) is 100 cm³/mol. The lowest BCUT2D eigenvalue weighted by atomic mass is 9.91. The first-order valence-electron chi connectivity index (χ1n) is 8.94. The van der Waals surface area contributed by atoms with Gasteiger partial charge in [0, 0.05) is 26.2 Å². The number of carbonyl (C=O) groups is 2. The zero-order valence-corrected chi connectivity index (χ0v) is 15.2. The van der Waals surface area contributed by atoms with Gasteiger partial charge in [0.25, 0.3) is 11.8 Å². The molecule has 0 saturated carbocycles. The molecule has 2 amide bonds. The van der Waals surface area contributed by atoms with E-state index in [1.807, 2.05) is 24.0 Å². The van der Waals surface area contributed by atoms with Crippen LogP contribution in [0.4, 0.5) is 5.69 Å². The second-order valence-electron chi connectivity index (χ2n) is 6.87. The summed E-state index contributed by atoms with van der Waals surface area (Å²) in [5.41, 5.74) is 7.12. The number of likely N-dealkylation sites (tertiary alicyclic amines) is 1. The van der Waals surface area contributed by atoms with Gasteiger partial charge in [-0.1, -0.05) is 12.1 Å². The normalized spacial score (nSPS) is 18.4. The maximum atomic E-state index is 13.1.